The molecule has 1 heterocycles. The van der Waals surface area contributed by atoms with E-state index in [1.807, 2.05) is 0 Å². The third kappa shape index (κ3) is 3.99. The van der Waals surface area contributed by atoms with E-state index in [-0.39, 0.29) is 0 Å². The van der Waals surface area contributed by atoms with Gasteiger partial charge in [-0.1, -0.05) is 25.7 Å². The highest BCUT2D eigenvalue weighted by Gasteiger charge is 2.21. The first-order valence-corrected chi connectivity index (χ1v) is 7.83. The maximum Gasteiger partial charge on any atom is 0.00441 e. The van der Waals surface area contributed by atoms with Gasteiger partial charge in [0.2, 0.25) is 0 Å². The normalized spacial score (nSPS) is 27.0. The first-order chi connectivity index (χ1) is 7.34. The van der Waals surface area contributed by atoms with Crippen molar-refractivity contribution in [2.75, 3.05) is 11.5 Å². The van der Waals surface area contributed by atoms with Crippen LogP contribution in [0.5, 0.6) is 0 Å². The molecule has 1 aliphatic carbocycles. The van der Waals surface area contributed by atoms with Crippen LogP contribution in [0.4, 0.5) is 0 Å². The van der Waals surface area contributed by atoms with Gasteiger partial charge in [-0.15, -0.1) is 0 Å². The third-order valence-corrected chi connectivity index (χ3v) is 5.14. The SMILES string of the molecule is NC(CC1CCCC1)CC1CCSCC1. The van der Waals surface area contributed by atoms with Gasteiger partial charge in [0.05, 0.1) is 0 Å². The Morgan fingerprint density at radius 2 is 1.47 bits per heavy atom. The molecule has 0 bridgehead atoms. The van der Waals surface area contributed by atoms with Crippen molar-refractivity contribution < 1.29 is 0 Å². The van der Waals surface area contributed by atoms with Gasteiger partial charge in [0, 0.05) is 6.04 Å². The predicted molar refractivity (Wildman–Crippen MR) is 69.2 cm³/mol. The van der Waals surface area contributed by atoms with E-state index in [0.717, 1.165) is 11.8 Å². The Morgan fingerprint density at radius 1 is 0.933 bits per heavy atom. The van der Waals surface area contributed by atoms with E-state index in [1.54, 1.807) is 0 Å². The van der Waals surface area contributed by atoms with Crippen molar-refractivity contribution >= 4 is 11.8 Å². The predicted octanol–water partition coefficient (Wildman–Crippen LogP) is 3.43. The number of hydrogen-bond acceptors (Lipinski definition) is 2. The maximum atomic E-state index is 6.28. The van der Waals surface area contributed by atoms with Crippen LogP contribution in [0.1, 0.15) is 51.4 Å². The molecule has 2 heteroatoms. The van der Waals surface area contributed by atoms with Crippen LogP contribution in [0, 0.1) is 11.8 Å². The fraction of sp³-hybridized carbons (Fsp3) is 1.00. The summed E-state index contributed by atoms with van der Waals surface area (Å²) in [6, 6.07) is 0.501. The lowest BCUT2D eigenvalue weighted by Crippen LogP contribution is -2.27. The molecule has 0 radical (unpaired) electrons. The van der Waals surface area contributed by atoms with Crippen molar-refractivity contribution in [3.05, 3.63) is 0 Å². The van der Waals surface area contributed by atoms with E-state index >= 15 is 0 Å². The van der Waals surface area contributed by atoms with Gasteiger partial charge >= 0.3 is 0 Å². The Bertz CT molecular complexity index is 171. The van der Waals surface area contributed by atoms with Gasteiger partial charge in [0.1, 0.15) is 0 Å². The lowest BCUT2D eigenvalue weighted by atomic mass is 9.89. The van der Waals surface area contributed by atoms with Crippen molar-refractivity contribution in [2.24, 2.45) is 17.6 Å². The second kappa shape index (κ2) is 6.15. The van der Waals surface area contributed by atoms with Crippen LogP contribution < -0.4 is 5.73 Å². The molecule has 88 valence electrons. The van der Waals surface area contributed by atoms with E-state index in [1.165, 1.54) is 62.9 Å². The number of rotatable bonds is 4. The number of hydrogen-bond donors (Lipinski definition) is 1. The maximum absolute atomic E-state index is 6.28. The average molecular weight is 227 g/mol. The van der Waals surface area contributed by atoms with Crippen LogP contribution in [-0.2, 0) is 0 Å². The average Bonchev–Trinajstić information content (AvgIpc) is 2.71. The largest absolute Gasteiger partial charge is 0.328 e. The zero-order chi connectivity index (χ0) is 10.5. The molecule has 0 aromatic heterocycles. The Hall–Kier alpha value is 0.310. The summed E-state index contributed by atoms with van der Waals surface area (Å²) in [6.45, 7) is 0. The molecule has 15 heavy (non-hydrogen) atoms. The summed E-state index contributed by atoms with van der Waals surface area (Å²) in [7, 11) is 0. The molecular formula is C13H25NS. The minimum atomic E-state index is 0.501. The third-order valence-electron chi connectivity index (χ3n) is 4.09. The van der Waals surface area contributed by atoms with E-state index in [4.69, 9.17) is 5.73 Å². The highest BCUT2D eigenvalue weighted by atomic mass is 32.2. The van der Waals surface area contributed by atoms with Gasteiger partial charge in [-0.05, 0) is 49.0 Å². The van der Waals surface area contributed by atoms with Crippen LogP contribution in [0.15, 0.2) is 0 Å². The molecule has 1 saturated heterocycles. The summed E-state index contributed by atoms with van der Waals surface area (Å²) < 4.78 is 0. The van der Waals surface area contributed by atoms with Crippen LogP contribution >= 0.6 is 11.8 Å². The van der Waals surface area contributed by atoms with Gasteiger partial charge in [-0.25, -0.2) is 0 Å². The first kappa shape index (κ1) is 11.8. The molecule has 1 atom stereocenters. The smallest absolute Gasteiger partial charge is 0.00441 e. The molecule has 2 aliphatic rings. The Morgan fingerprint density at radius 3 is 2.07 bits per heavy atom. The van der Waals surface area contributed by atoms with Crippen LogP contribution in [0.2, 0.25) is 0 Å². The standard InChI is InChI=1S/C13H25NS/c14-13(9-11-3-1-2-4-11)10-12-5-7-15-8-6-12/h11-13H,1-10,14H2. The highest BCUT2D eigenvalue weighted by Crippen LogP contribution is 2.31. The molecule has 1 nitrogen and oxygen atoms in total. The van der Waals surface area contributed by atoms with E-state index in [0.29, 0.717) is 6.04 Å². The molecule has 2 fully saturated rings. The molecule has 1 saturated carbocycles. The summed E-state index contributed by atoms with van der Waals surface area (Å²) in [6.07, 6.45) is 11.3. The molecule has 0 aromatic rings. The number of nitrogens with two attached hydrogens (primary N) is 1. The molecule has 0 amide bonds. The van der Waals surface area contributed by atoms with Gasteiger partial charge < -0.3 is 5.73 Å². The topological polar surface area (TPSA) is 26.0 Å². The summed E-state index contributed by atoms with van der Waals surface area (Å²) in [5, 5.41) is 0. The monoisotopic (exact) mass is 227 g/mol. The molecule has 0 aromatic carbocycles. The van der Waals surface area contributed by atoms with Crippen molar-refractivity contribution in [3.8, 4) is 0 Å². The van der Waals surface area contributed by atoms with Gasteiger partial charge in [-0.2, -0.15) is 11.8 Å². The fourth-order valence-electron chi connectivity index (χ4n) is 3.18. The highest BCUT2D eigenvalue weighted by molar-refractivity contribution is 7.99. The van der Waals surface area contributed by atoms with Gasteiger partial charge in [0.15, 0.2) is 0 Å². The Labute approximate surface area is 98.6 Å². The lowest BCUT2D eigenvalue weighted by Gasteiger charge is -2.25. The summed E-state index contributed by atoms with van der Waals surface area (Å²) >= 11 is 2.12. The van der Waals surface area contributed by atoms with Gasteiger partial charge in [0.25, 0.3) is 0 Å². The van der Waals surface area contributed by atoms with Crippen LogP contribution in [0.3, 0.4) is 0 Å². The van der Waals surface area contributed by atoms with Crippen LogP contribution in [0.25, 0.3) is 0 Å². The zero-order valence-electron chi connectivity index (χ0n) is 9.79. The fourth-order valence-corrected chi connectivity index (χ4v) is 4.38. The summed E-state index contributed by atoms with van der Waals surface area (Å²) in [5.41, 5.74) is 6.28. The molecule has 0 spiro atoms. The van der Waals surface area contributed by atoms with Crippen molar-refractivity contribution in [2.45, 2.75) is 57.4 Å². The van der Waals surface area contributed by atoms with Crippen LogP contribution in [-0.4, -0.2) is 17.5 Å². The first-order valence-electron chi connectivity index (χ1n) is 6.68. The number of thioether (sulfide) groups is 1. The Balaban J connectivity index is 1.64. The Kier molecular flexibility index (Phi) is 4.83. The summed E-state index contributed by atoms with van der Waals surface area (Å²) in [5.74, 6) is 4.67. The van der Waals surface area contributed by atoms with Crippen molar-refractivity contribution in [3.63, 3.8) is 0 Å². The molecule has 2 rings (SSSR count). The van der Waals surface area contributed by atoms with E-state index in [9.17, 15) is 0 Å². The van der Waals surface area contributed by atoms with Crippen molar-refractivity contribution in [1.29, 1.82) is 0 Å². The second-order valence-corrected chi connectivity index (χ2v) is 6.66. The molecule has 1 aliphatic heterocycles. The second-order valence-electron chi connectivity index (χ2n) is 5.44. The lowest BCUT2D eigenvalue weighted by molar-refractivity contribution is 0.354. The quantitative estimate of drug-likeness (QED) is 0.796. The van der Waals surface area contributed by atoms with E-state index in [2.05, 4.69) is 11.8 Å². The van der Waals surface area contributed by atoms with Crippen molar-refractivity contribution in [1.82, 2.24) is 0 Å². The van der Waals surface area contributed by atoms with E-state index < -0.39 is 0 Å². The summed E-state index contributed by atoms with van der Waals surface area (Å²) in [4.78, 5) is 0. The minimum Gasteiger partial charge on any atom is -0.328 e. The molecule has 1 unspecified atom stereocenters. The molecular weight excluding hydrogens is 202 g/mol. The molecule has 2 N–H and O–H groups in total. The van der Waals surface area contributed by atoms with Gasteiger partial charge in [-0.3, -0.25) is 0 Å². The zero-order valence-corrected chi connectivity index (χ0v) is 10.6. The minimum absolute atomic E-state index is 0.501.